The Morgan fingerprint density at radius 3 is 0.816 bits per heavy atom. The molecule has 0 aliphatic carbocycles. The van der Waals surface area contributed by atoms with Crippen LogP contribution in [-0.4, -0.2) is 29.5 Å². The third-order valence-electron chi connectivity index (χ3n) is 13.8. The van der Waals surface area contributed by atoms with E-state index in [1.54, 1.807) is 0 Å². The lowest BCUT2D eigenvalue weighted by molar-refractivity contribution is 0.859. The van der Waals surface area contributed by atoms with Crippen LogP contribution < -0.4 is 0 Å². The molecule has 0 atom stereocenters. The minimum Gasteiger partial charge on any atom is -0.229 e. The van der Waals surface area contributed by atoms with Gasteiger partial charge in [-0.15, -0.1) is 0 Å². The molecule has 13 rings (SSSR count). The zero-order chi connectivity index (χ0) is 50.6. The molecule has 76 heavy (non-hydrogen) atoms. The molecular weight excluding hydrogens is 925 g/mol. The lowest BCUT2D eigenvalue weighted by Gasteiger charge is -2.15. The third-order valence-corrected chi connectivity index (χ3v) is 13.8. The molecule has 358 valence electrons. The van der Waals surface area contributed by atoms with Crippen LogP contribution in [0.4, 0.5) is 0 Å². The van der Waals surface area contributed by atoms with Gasteiger partial charge in [0.1, 0.15) is 11.4 Å². The first kappa shape index (κ1) is 45.6. The lowest BCUT2D eigenvalue weighted by Crippen LogP contribution is -2.04. The van der Waals surface area contributed by atoms with Crippen molar-refractivity contribution in [3.05, 3.63) is 291 Å². The minimum absolute atomic E-state index is 0.702. The van der Waals surface area contributed by atoms with Crippen molar-refractivity contribution in [3.63, 3.8) is 0 Å². The van der Waals surface area contributed by atoms with Gasteiger partial charge in [0.2, 0.25) is 0 Å². The molecule has 0 saturated heterocycles. The molecule has 4 aromatic heterocycles. The fraction of sp³-hybridized carbons (Fsp3) is 0. The molecule has 13 aromatic rings. The highest BCUT2D eigenvalue weighted by Gasteiger charge is 2.26. The molecule has 4 heterocycles. The largest absolute Gasteiger partial charge is 0.229 e. The van der Waals surface area contributed by atoms with Crippen LogP contribution in [0.25, 0.3) is 124 Å². The summed E-state index contributed by atoms with van der Waals surface area (Å²) >= 11 is 0. The maximum Gasteiger partial charge on any atom is 0.155 e. The van der Waals surface area contributed by atoms with Crippen molar-refractivity contribution in [2.75, 3.05) is 0 Å². The van der Waals surface area contributed by atoms with Gasteiger partial charge in [0.25, 0.3) is 0 Å². The first-order chi connectivity index (χ1) is 37.7. The summed E-state index contributed by atoms with van der Waals surface area (Å²) in [6, 6.07) is 101. The van der Waals surface area contributed by atoms with Crippen LogP contribution in [-0.2, 0) is 0 Å². The second kappa shape index (κ2) is 20.3. The van der Waals surface area contributed by atoms with Gasteiger partial charge in [-0.1, -0.05) is 261 Å². The highest BCUT2D eigenvalue weighted by Crippen LogP contribution is 2.44. The summed E-state index contributed by atoms with van der Waals surface area (Å²) in [6.45, 7) is 0. The van der Waals surface area contributed by atoms with Crippen molar-refractivity contribution >= 4 is 0 Å². The van der Waals surface area contributed by atoms with Gasteiger partial charge in [0, 0.05) is 44.5 Å². The summed E-state index contributed by atoms with van der Waals surface area (Å²) < 4.78 is 4.09. The van der Waals surface area contributed by atoms with Gasteiger partial charge in [-0.2, -0.15) is 10.2 Å². The maximum atomic E-state index is 5.53. The molecule has 0 bridgehead atoms. The zero-order valence-electron chi connectivity index (χ0n) is 41.4. The summed E-state index contributed by atoms with van der Waals surface area (Å²) in [5, 5.41) is 11.1. The quantitative estimate of drug-likeness (QED) is 0.122. The topological polar surface area (TPSA) is 61.4 Å². The molecule has 0 N–H and O–H groups in total. The predicted octanol–water partition coefficient (Wildman–Crippen LogP) is 17.5. The molecule has 0 saturated carbocycles. The Bertz CT molecular complexity index is 3840. The Hall–Kier alpha value is -10.3. The van der Waals surface area contributed by atoms with Gasteiger partial charge < -0.3 is 0 Å². The number of benzene rings is 9. The van der Waals surface area contributed by atoms with Crippen LogP contribution in [0.2, 0.25) is 0 Å². The average Bonchev–Trinajstić information content (AvgIpc) is 4.14. The van der Waals surface area contributed by atoms with E-state index in [2.05, 4.69) is 267 Å². The molecular formula is C70H48N6. The van der Waals surface area contributed by atoms with Crippen molar-refractivity contribution in [1.82, 2.24) is 29.5 Å². The zero-order valence-corrected chi connectivity index (χ0v) is 41.4. The summed E-state index contributed by atoms with van der Waals surface area (Å²) in [7, 11) is 0. The molecule has 0 radical (unpaired) electrons. The fourth-order valence-electron chi connectivity index (χ4n) is 10.2. The van der Waals surface area contributed by atoms with Crippen LogP contribution in [0, 0.1) is 0 Å². The highest BCUT2D eigenvalue weighted by molar-refractivity contribution is 5.94. The molecule has 0 amide bonds. The summed E-state index contributed by atoms with van der Waals surface area (Å²) in [5.74, 6) is 1.40. The van der Waals surface area contributed by atoms with E-state index in [1.807, 2.05) is 33.6 Å². The predicted molar refractivity (Wildman–Crippen MR) is 311 cm³/mol. The first-order valence-electron chi connectivity index (χ1n) is 25.6. The molecule has 9 aromatic carbocycles. The Morgan fingerprint density at radius 1 is 0.211 bits per heavy atom. The van der Waals surface area contributed by atoms with Crippen LogP contribution in [0.3, 0.4) is 0 Å². The van der Waals surface area contributed by atoms with Crippen LogP contribution >= 0.6 is 0 Å². The van der Waals surface area contributed by atoms with Gasteiger partial charge >= 0.3 is 0 Å². The van der Waals surface area contributed by atoms with Gasteiger partial charge in [0.05, 0.1) is 22.8 Å². The Kier molecular flexibility index (Phi) is 12.2. The van der Waals surface area contributed by atoms with Gasteiger partial charge in [0.15, 0.2) is 11.6 Å². The van der Waals surface area contributed by atoms with E-state index >= 15 is 0 Å². The smallest absolute Gasteiger partial charge is 0.155 e. The molecule has 6 heteroatoms. The second-order valence-electron chi connectivity index (χ2n) is 18.7. The number of hydrogen-bond donors (Lipinski definition) is 0. The summed E-state index contributed by atoms with van der Waals surface area (Å²) in [6.07, 6.45) is 0. The standard InChI is InChI=1S/C70H48N6/c1-9-26-49(27-10-1)61-45-59(47-63(71-61)75-69(55-38-21-7-22-39-55)65(51-30-13-3-14-31-51)67(73-75)53-34-17-5-18-35-53)57-42-25-43-58(44-57)60-46-62(50-28-11-2-12-29-50)72-64(48-60)76-70(56-40-23-8-24-41-56)66(52-32-15-4-16-33-52)68(74-76)54-36-19-6-20-37-54/h1-48H. The fourth-order valence-corrected chi connectivity index (χ4v) is 10.2. The highest BCUT2D eigenvalue weighted by atomic mass is 15.3. The van der Waals surface area contributed by atoms with Crippen molar-refractivity contribution in [2.45, 2.75) is 0 Å². The van der Waals surface area contributed by atoms with Crippen molar-refractivity contribution in [2.24, 2.45) is 0 Å². The van der Waals surface area contributed by atoms with Crippen molar-refractivity contribution in [1.29, 1.82) is 0 Å². The normalized spacial score (nSPS) is 11.2. The molecule has 6 nitrogen and oxygen atoms in total. The third kappa shape index (κ3) is 8.90. The molecule has 0 aliphatic heterocycles. The van der Waals surface area contributed by atoms with E-state index in [4.69, 9.17) is 20.2 Å². The molecule has 0 spiro atoms. The van der Waals surface area contributed by atoms with E-state index in [1.165, 1.54) is 0 Å². The van der Waals surface area contributed by atoms with Gasteiger partial charge in [-0.3, -0.25) is 0 Å². The molecule has 0 aliphatic rings. The SMILES string of the molecule is c1ccc(-c2cc(-c3cccc(-c4cc(-c5ccccc5)nc(-n5nc(-c6ccccc6)c(-c6ccccc6)c5-c5ccccc5)c4)c3)cc(-n3nc(-c4ccccc4)c(-c4ccccc4)c3-c3ccccc3)n2)cc1. The molecule has 0 unspecified atom stereocenters. The minimum atomic E-state index is 0.702. The average molecular weight is 973 g/mol. The summed E-state index contributed by atoms with van der Waals surface area (Å²) in [5.41, 5.74) is 19.7. The Labute approximate surface area is 442 Å². The van der Waals surface area contributed by atoms with Crippen molar-refractivity contribution < 1.29 is 0 Å². The lowest BCUT2D eigenvalue weighted by atomic mass is 9.95. The number of pyridine rings is 2. The van der Waals surface area contributed by atoms with Crippen LogP contribution in [0.1, 0.15) is 0 Å². The first-order valence-corrected chi connectivity index (χ1v) is 25.6. The van der Waals surface area contributed by atoms with E-state index in [0.29, 0.717) is 11.6 Å². The molecule has 0 fully saturated rings. The van der Waals surface area contributed by atoms with Crippen LogP contribution in [0.15, 0.2) is 291 Å². The van der Waals surface area contributed by atoms with Crippen molar-refractivity contribution in [3.8, 4) is 124 Å². The summed E-state index contributed by atoms with van der Waals surface area (Å²) in [4.78, 5) is 10.9. The van der Waals surface area contributed by atoms with Crippen LogP contribution in [0.5, 0.6) is 0 Å². The van der Waals surface area contributed by atoms with E-state index in [-0.39, 0.29) is 0 Å². The number of rotatable bonds is 12. The Balaban J connectivity index is 1.02. The number of hydrogen-bond acceptors (Lipinski definition) is 4. The van der Waals surface area contributed by atoms with Gasteiger partial charge in [-0.25, -0.2) is 19.3 Å². The monoisotopic (exact) mass is 972 g/mol. The van der Waals surface area contributed by atoms with E-state index < -0.39 is 0 Å². The number of aromatic nitrogens is 6. The maximum absolute atomic E-state index is 5.53. The van der Waals surface area contributed by atoms with E-state index in [9.17, 15) is 0 Å². The Morgan fingerprint density at radius 2 is 0.487 bits per heavy atom. The van der Waals surface area contributed by atoms with E-state index in [0.717, 1.165) is 112 Å². The number of nitrogens with zero attached hydrogens (tertiary/aromatic N) is 6. The van der Waals surface area contributed by atoms with Gasteiger partial charge in [-0.05, 0) is 63.7 Å². The second-order valence-corrected chi connectivity index (χ2v) is 18.7.